The third-order valence-corrected chi connectivity index (χ3v) is 2.91. The molecular weight excluding hydrogens is 239 g/mol. The molecule has 1 N–H and O–H groups in total. The number of nitrogens with one attached hydrogen (secondary N) is 1. The van der Waals surface area contributed by atoms with Gasteiger partial charge in [0.1, 0.15) is 5.82 Å². The number of hydrogen-bond donors (Lipinski definition) is 1. The van der Waals surface area contributed by atoms with Crippen LogP contribution in [0.25, 0.3) is 0 Å². The SMILES string of the molecule is O=[N+]([O-])c1cc(F)cc(CNC2CCCOC2)c1. The van der Waals surface area contributed by atoms with Crippen LogP contribution in [-0.4, -0.2) is 24.2 Å². The average Bonchev–Trinajstić information content (AvgIpc) is 2.37. The molecule has 5 nitrogen and oxygen atoms in total. The fourth-order valence-corrected chi connectivity index (χ4v) is 2.00. The Morgan fingerprint density at radius 2 is 2.33 bits per heavy atom. The summed E-state index contributed by atoms with van der Waals surface area (Å²) in [6.45, 7) is 1.83. The minimum Gasteiger partial charge on any atom is -0.380 e. The molecule has 1 aliphatic heterocycles. The van der Waals surface area contributed by atoms with Crippen LogP contribution in [0.4, 0.5) is 10.1 Å². The standard InChI is InChI=1S/C12H15FN2O3/c13-10-4-9(5-12(6-10)15(16)17)7-14-11-2-1-3-18-8-11/h4-6,11,14H,1-3,7-8H2. The molecular formula is C12H15FN2O3. The minimum absolute atomic E-state index is 0.216. The van der Waals surface area contributed by atoms with Gasteiger partial charge in [-0.05, 0) is 24.5 Å². The quantitative estimate of drug-likeness (QED) is 0.659. The number of non-ortho nitro benzene ring substituents is 1. The van der Waals surface area contributed by atoms with E-state index in [0.29, 0.717) is 18.7 Å². The Balaban J connectivity index is 1.97. The van der Waals surface area contributed by atoms with Gasteiger partial charge in [0.05, 0.1) is 17.6 Å². The molecule has 1 heterocycles. The highest BCUT2D eigenvalue weighted by atomic mass is 19.1. The molecule has 1 fully saturated rings. The number of ether oxygens (including phenoxy) is 1. The van der Waals surface area contributed by atoms with Crippen molar-refractivity contribution in [3.05, 3.63) is 39.7 Å². The van der Waals surface area contributed by atoms with Gasteiger partial charge in [0, 0.05) is 25.3 Å². The number of nitro groups is 1. The third-order valence-electron chi connectivity index (χ3n) is 2.91. The Morgan fingerprint density at radius 1 is 1.50 bits per heavy atom. The first kappa shape index (κ1) is 12.9. The molecule has 0 radical (unpaired) electrons. The topological polar surface area (TPSA) is 64.4 Å². The molecule has 1 unspecified atom stereocenters. The summed E-state index contributed by atoms with van der Waals surface area (Å²) in [4.78, 5) is 10.0. The molecule has 1 saturated heterocycles. The van der Waals surface area contributed by atoms with Crippen LogP contribution in [0.15, 0.2) is 18.2 Å². The van der Waals surface area contributed by atoms with Gasteiger partial charge in [0.25, 0.3) is 5.69 Å². The summed E-state index contributed by atoms with van der Waals surface area (Å²) in [6, 6.07) is 3.86. The van der Waals surface area contributed by atoms with Crippen LogP contribution in [0, 0.1) is 15.9 Å². The lowest BCUT2D eigenvalue weighted by atomic mass is 10.1. The Kier molecular flexibility index (Phi) is 4.22. The van der Waals surface area contributed by atoms with Crippen molar-refractivity contribution in [1.29, 1.82) is 0 Å². The molecule has 98 valence electrons. The zero-order chi connectivity index (χ0) is 13.0. The van der Waals surface area contributed by atoms with Gasteiger partial charge < -0.3 is 10.1 Å². The van der Waals surface area contributed by atoms with Gasteiger partial charge in [-0.25, -0.2) is 4.39 Å². The molecule has 6 heteroatoms. The van der Waals surface area contributed by atoms with E-state index in [1.165, 1.54) is 12.1 Å². The van der Waals surface area contributed by atoms with Crippen LogP contribution in [-0.2, 0) is 11.3 Å². The highest BCUT2D eigenvalue weighted by Gasteiger charge is 2.14. The van der Waals surface area contributed by atoms with Crippen LogP contribution in [0.3, 0.4) is 0 Å². The Morgan fingerprint density at radius 3 is 3.00 bits per heavy atom. The van der Waals surface area contributed by atoms with Crippen LogP contribution in [0.1, 0.15) is 18.4 Å². The fraction of sp³-hybridized carbons (Fsp3) is 0.500. The number of rotatable bonds is 4. The summed E-state index contributed by atoms with van der Waals surface area (Å²) in [5.41, 5.74) is 0.360. The minimum atomic E-state index is -0.587. The molecule has 1 aromatic rings. The lowest BCUT2D eigenvalue weighted by molar-refractivity contribution is -0.385. The first-order valence-corrected chi connectivity index (χ1v) is 5.90. The van der Waals surface area contributed by atoms with Crippen LogP contribution in [0.5, 0.6) is 0 Å². The van der Waals surface area contributed by atoms with E-state index in [9.17, 15) is 14.5 Å². The number of hydrogen-bond acceptors (Lipinski definition) is 4. The highest BCUT2D eigenvalue weighted by molar-refractivity contribution is 5.35. The maximum atomic E-state index is 13.2. The van der Waals surface area contributed by atoms with E-state index < -0.39 is 10.7 Å². The molecule has 0 bridgehead atoms. The summed E-state index contributed by atoms with van der Waals surface area (Å²) in [5.74, 6) is -0.583. The van der Waals surface area contributed by atoms with E-state index in [2.05, 4.69) is 5.32 Å². The van der Waals surface area contributed by atoms with Crippen molar-refractivity contribution in [1.82, 2.24) is 5.32 Å². The number of benzene rings is 1. The van der Waals surface area contributed by atoms with Crippen LogP contribution >= 0.6 is 0 Å². The largest absolute Gasteiger partial charge is 0.380 e. The molecule has 2 rings (SSSR count). The van der Waals surface area contributed by atoms with E-state index in [-0.39, 0.29) is 11.7 Å². The second-order valence-electron chi connectivity index (χ2n) is 4.37. The molecule has 0 aliphatic carbocycles. The maximum Gasteiger partial charge on any atom is 0.272 e. The average molecular weight is 254 g/mol. The van der Waals surface area contributed by atoms with Crippen molar-refractivity contribution in [2.75, 3.05) is 13.2 Å². The van der Waals surface area contributed by atoms with Gasteiger partial charge in [0.2, 0.25) is 0 Å². The normalized spacial score (nSPS) is 19.7. The molecule has 1 aromatic carbocycles. The first-order valence-electron chi connectivity index (χ1n) is 5.90. The monoisotopic (exact) mass is 254 g/mol. The first-order chi connectivity index (χ1) is 8.65. The smallest absolute Gasteiger partial charge is 0.272 e. The van der Waals surface area contributed by atoms with Crippen molar-refractivity contribution >= 4 is 5.69 Å². The van der Waals surface area contributed by atoms with Crippen LogP contribution in [0.2, 0.25) is 0 Å². The number of nitro benzene ring substituents is 1. The van der Waals surface area contributed by atoms with Crippen molar-refractivity contribution in [3.8, 4) is 0 Å². The van der Waals surface area contributed by atoms with Gasteiger partial charge in [0.15, 0.2) is 0 Å². The van der Waals surface area contributed by atoms with E-state index in [4.69, 9.17) is 4.74 Å². The van der Waals surface area contributed by atoms with Crippen molar-refractivity contribution in [2.24, 2.45) is 0 Å². The summed E-state index contributed by atoms with van der Waals surface area (Å²) in [6.07, 6.45) is 2.01. The highest BCUT2D eigenvalue weighted by Crippen LogP contribution is 2.16. The molecule has 1 aliphatic rings. The second kappa shape index (κ2) is 5.88. The van der Waals surface area contributed by atoms with Gasteiger partial charge >= 0.3 is 0 Å². The predicted octanol–water partition coefficient (Wildman–Crippen LogP) is 2.00. The Bertz CT molecular complexity index is 433. The zero-order valence-corrected chi connectivity index (χ0v) is 9.89. The number of halogens is 1. The summed E-state index contributed by atoms with van der Waals surface area (Å²) >= 11 is 0. The molecule has 0 amide bonds. The van der Waals surface area contributed by atoms with Gasteiger partial charge in [-0.2, -0.15) is 0 Å². The maximum absolute atomic E-state index is 13.2. The molecule has 18 heavy (non-hydrogen) atoms. The second-order valence-corrected chi connectivity index (χ2v) is 4.37. The Labute approximate surface area is 104 Å². The third kappa shape index (κ3) is 3.48. The predicted molar refractivity (Wildman–Crippen MR) is 63.7 cm³/mol. The van der Waals surface area contributed by atoms with E-state index in [1.807, 2.05) is 0 Å². The summed E-state index contributed by atoms with van der Waals surface area (Å²) in [5, 5.41) is 13.8. The van der Waals surface area contributed by atoms with Gasteiger partial charge in [-0.1, -0.05) is 0 Å². The molecule has 1 atom stereocenters. The van der Waals surface area contributed by atoms with Crippen molar-refractivity contribution < 1.29 is 14.1 Å². The van der Waals surface area contributed by atoms with E-state index in [0.717, 1.165) is 25.5 Å². The van der Waals surface area contributed by atoms with Crippen molar-refractivity contribution in [2.45, 2.75) is 25.4 Å². The van der Waals surface area contributed by atoms with Crippen molar-refractivity contribution in [3.63, 3.8) is 0 Å². The van der Waals surface area contributed by atoms with Gasteiger partial charge in [-0.15, -0.1) is 0 Å². The molecule has 0 saturated carbocycles. The lowest BCUT2D eigenvalue weighted by Gasteiger charge is -2.23. The molecule has 0 spiro atoms. The van der Waals surface area contributed by atoms with Crippen LogP contribution < -0.4 is 5.32 Å². The lowest BCUT2D eigenvalue weighted by Crippen LogP contribution is -2.36. The summed E-state index contributed by atoms with van der Waals surface area (Å²) < 4.78 is 18.5. The number of nitrogens with zero attached hydrogens (tertiary/aromatic N) is 1. The zero-order valence-electron chi connectivity index (χ0n) is 9.89. The van der Waals surface area contributed by atoms with Gasteiger partial charge in [-0.3, -0.25) is 10.1 Å². The Hall–Kier alpha value is -1.53. The fourth-order valence-electron chi connectivity index (χ4n) is 2.00. The van der Waals surface area contributed by atoms with E-state index in [1.54, 1.807) is 0 Å². The summed E-state index contributed by atoms with van der Waals surface area (Å²) in [7, 11) is 0. The molecule has 0 aromatic heterocycles. The van der Waals surface area contributed by atoms with E-state index >= 15 is 0 Å².